The third-order valence-corrected chi connectivity index (χ3v) is 6.55. The Labute approximate surface area is 181 Å². The van der Waals surface area contributed by atoms with Gasteiger partial charge in [0.15, 0.2) is 0 Å². The van der Waals surface area contributed by atoms with E-state index in [0.29, 0.717) is 48.3 Å². The number of carbonyl (C=O) groups excluding carboxylic acids is 1. The fourth-order valence-corrected chi connectivity index (χ4v) is 4.72. The monoisotopic (exact) mass is 430 g/mol. The summed E-state index contributed by atoms with van der Waals surface area (Å²) in [6.45, 7) is 8.60. The third kappa shape index (κ3) is 3.81. The molecule has 4 nitrogen and oxygen atoms in total. The molecule has 1 amide bonds. The Morgan fingerprint density at radius 3 is 2.66 bits per heavy atom. The summed E-state index contributed by atoms with van der Waals surface area (Å²) in [4.78, 5) is 19.6. The van der Waals surface area contributed by atoms with Gasteiger partial charge in [0.1, 0.15) is 0 Å². The standard InChI is InChI=1S/C23H24Cl2N2O2/c1-13-10-14(2)22-17(11-13)15(3)20(26-22)12-18-19(24)5-4-16(21(18)25)23(28)27-6-8-29-9-7-27/h4-5,10-11,15H,6-9,12H2,1-3H3. The van der Waals surface area contributed by atoms with Gasteiger partial charge in [-0.2, -0.15) is 0 Å². The van der Waals surface area contributed by atoms with Crippen molar-refractivity contribution in [2.75, 3.05) is 26.3 Å². The largest absolute Gasteiger partial charge is 0.378 e. The first-order valence-electron chi connectivity index (χ1n) is 9.89. The molecule has 0 saturated carbocycles. The number of aryl methyl sites for hydroxylation is 2. The van der Waals surface area contributed by atoms with E-state index in [-0.39, 0.29) is 11.8 Å². The molecule has 1 saturated heterocycles. The van der Waals surface area contributed by atoms with Gasteiger partial charge in [0.2, 0.25) is 0 Å². The number of morpholine rings is 1. The molecular weight excluding hydrogens is 407 g/mol. The van der Waals surface area contributed by atoms with Gasteiger partial charge in [-0.15, -0.1) is 0 Å². The van der Waals surface area contributed by atoms with Crippen LogP contribution in [0.3, 0.4) is 0 Å². The van der Waals surface area contributed by atoms with E-state index in [0.717, 1.165) is 17.0 Å². The number of fused-ring (bicyclic) bond motifs is 1. The predicted octanol–water partition coefficient (Wildman–Crippen LogP) is 5.51. The van der Waals surface area contributed by atoms with Gasteiger partial charge >= 0.3 is 0 Å². The average Bonchev–Trinajstić information content (AvgIpc) is 3.01. The Morgan fingerprint density at radius 2 is 1.93 bits per heavy atom. The van der Waals surface area contributed by atoms with Crippen LogP contribution in [-0.2, 0) is 11.2 Å². The molecule has 1 atom stereocenters. The van der Waals surface area contributed by atoms with Crippen LogP contribution in [0.2, 0.25) is 10.0 Å². The molecular formula is C23H24Cl2N2O2. The molecule has 6 heteroatoms. The Hall–Kier alpha value is -1.88. The summed E-state index contributed by atoms with van der Waals surface area (Å²) in [5.41, 5.74) is 6.97. The van der Waals surface area contributed by atoms with Crippen LogP contribution in [0.25, 0.3) is 0 Å². The molecule has 2 heterocycles. The van der Waals surface area contributed by atoms with Gasteiger partial charge in [-0.05, 0) is 42.7 Å². The maximum atomic E-state index is 13.0. The average molecular weight is 431 g/mol. The maximum absolute atomic E-state index is 13.0. The highest BCUT2D eigenvalue weighted by molar-refractivity contribution is 6.38. The van der Waals surface area contributed by atoms with Crippen molar-refractivity contribution in [3.8, 4) is 0 Å². The highest BCUT2D eigenvalue weighted by Crippen LogP contribution is 2.41. The van der Waals surface area contributed by atoms with E-state index in [1.54, 1.807) is 17.0 Å². The summed E-state index contributed by atoms with van der Waals surface area (Å²) in [5, 5.41) is 0.986. The van der Waals surface area contributed by atoms with Gasteiger partial charge in [0.05, 0.1) is 29.5 Å². The predicted molar refractivity (Wildman–Crippen MR) is 118 cm³/mol. The summed E-state index contributed by atoms with van der Waals surface area (Å²) in [7, 11) is 0. The van der Waals surface area contributed by atoms with E-state index >= 15 is 0 Å². The Morgan fingerprint density at radius 1 is 1.21 bits per heavy atom. The molecule has 0 bridgehead atoms. The Bertz CT molecular complexity index is 1010. The smallest absolute Gasteiger partial charge is 0.255 e. The topological polar surface area (TPSA) is 41.9 Å². The van der Waals surface area contributed by atoms with Crippen molar-refractivity contribution in [2.24, 2.45) is 4.99 Å². The lowest BCUT2D eigenvalue weighted by Gasteiger charge is -2.27. The third-order valence-electron chi connectivity index (χ3n) is 5.77. The highest BCUT2D eigenvalue weighted by Gasteiger charge is 2.28. The number of amides is 1. The van der Waals surface area contributed by atoms with Crippen molar-refractivity contribution in [2.45, 2.75) is 33.1 Å². The molecule has 0 spiro atoms. The number of hydrogen-bond donors (Lipinski definition) is 0. The van der Waals surface area contributed by atoms with Crippen molar-refractivity contribution in [3.63, 3.8) is 0 Å². The first kappa shape index (κ1) is 20.4. The molecule has 2 aliphatic heterocycles. The molecule has 0 radical (unpaired) electrons. The number of rotatable bonds is 3. The second-order valence-corrected chi connectivity index (χ2v) is 8.60. The van der Waals surface area contributed by atoms with Gasteiger partial charge < -0.3 is 9.64 Å². The molecule has 0 aromatic heterocycles. The van der Waals surface area contributed by atoms with Crippen molar-refractivity contribution >= 4 is 40.5 Å². The Balaban J connectivity index is 1.65. The lowest BCUT2D eigenvalue weighted by Crippen LogP contribution is -2.40. The van der Waals surface area contributed by atoms with E-state index in [1.807, 2.05) is 0 Å². The van der Waals surface area contributed by atoms with E-state index in [1.165, 1.54) is 16.7 Å². The second kappa shape index (κ2) is 8.10. The second-order valence-electron chi connectivity index (χ2n) is 7.81. The summed E-state index contributed by atoms with van der Waals surface area (Å²) in [5.74, 6) is 0.113. The lowest BCUT2D eigenvalue weighted by molar-refractivity contribution is 0.0303. The van der Waals surface area contributed by atoms with E-state index in [4.69, 9.17) is 32.9 Å². The van der Waals surface area contributed by atoms with Crippen molar-refractivity contribution in [1.82, 2.24) is 4.90 Å². The quantitative estimate of drug-likeness (QED) is 0.643. The van der Waals surface area contributed by atoms with Crippen LogP contribution in [0, 0.1) is 13.8 Å². The molecule has 4 rings (SSSR count). The van der Waals surface area contributed by atoms with E-state index in [9.17, 15) is 4.79 Å². The number of hydrogen-bond acceptors (Lipinski definition) is 3. The molecule has 2 aromatic rings. The molecule has 2 aromatic carbocycles. The molecule has 1 unspecified atom stereocenters. The van der Waals surface area contributed by atoms with Gasteiger partial charge in [-0.3, -0.25) is 9.79 Å². The normalized spacial score (nSPS) is 18.6. The van der Waals surface area contributed by atoms with Crippen molar-refractivity contribution in [3.05, 3.63) is 62.1 Å². The minimum absolute atomic E-state index is 0.0765. The fraction of sp³-hybridized carbons (Fsp3) is 0.391. The molecule has 0 aliphatic carbocycles. The first-order valence-corrected chi connectivity index (χ1v) is 10.6. The minimum Gasteiger partial charge on any atom is -0.378 e. The first-order chi connectivity index (χ1) is 13.9. The van der Waals surface area contributed by atoms with Crippen LogP contribution in [0.1, 0.15) is 45.5 Å². The summed E-state index contributed by atoms with van der Waals surface area (Å²) >= 11 is 13.2. The number of benzene rings is 2. The molecule has 29 heavy (non-hydrogen) atoms. The van der Waals surface area contributed by atoms with Crippen LogP contribution in [0.4, 0.5) is 5.69 Å². The number of halogens is 2. The number of nitrogens with zero attached hydrogens (tertiary/aromatic N) is 2. The van der Waals surface area contributed by atoms with Gasteiger partial charge in [-0.25, -0.2) is 0 Å². The van der Waals surface area contributed by atoms with Crippen LogP contribution in [0.15, 0.2) is 29.3 Å². The van der Waals surface area contributed by atoms with Crippen LogP contribution in [-0.4, -0.2) is 42.8 Å². The Kier molecular flexibility index (Phi) is 5.69. The molecule has 2 aliphatic rings. The van der Waals surface area contributed by atoms with Gasteiger partial charge in [0.25, 0.3) is 5.91 Å². The van der Waals surface area contributed by atoms with Crippen LogP contribution < -0.4 is 0 Å². The summed E-state index contributed by atoms with van der Waals surface area (Å²) in [6, 6.07) is 7.83. The summed E-state index contributed by atoms with van der Waals surface area (Å²) < 4.78 is 5.34. The van der Waals surface area contributed by atoms with Crippen molar-refractivity contribution in [1.29, 1.82) is 0 Å². The van der Waals surface area contributed by atoms with Gasteiger partial charge in [-0.1, -0.05) is 47.8 Å². The summed E-state index contributed by atoms with van der Waals surface area (Å²) in [6.07, 6.45) is 0.524. The SMILES string of the molecule is Cc1cc(C)c2c(c1)C(C)C(Cc1c(Cl)ccc(C(=O)N3CCOCC3)c1Cl)=N2. The number of aliphatic imine (C=N–C) groups is 1. The maximum Gasteiger partial charge on any atom is 0.255 e. The van der Waals surface area contributed by atoms with Crippen molar-refractivity contribution < 1.29 is 9.53 Å². The minimum atomic E-state index is -0.0765. The van der Waals surface area contributed by atoms with Gasteiger partial charge in [0, 0.05) is 36.2 Å². The zero-order valence-electron chi connectivity index (χ0n) is 16.9. The lowest BCUT2D eigenvalue weighted by atomic mass is 9.91. The van der Waals surface area contributed by atoms with E-state index < -0.39 is 0 Å². The van der Waals surface area contributed by atoms with Crippen LogP contribution in [0.5, 0.6) is 0 Å². The zero-order valence-corrected chi connectivity index (χ0v) is 18.4. The number of ether oxygens (including phenoxy) is 1. The highest BCUT2D eigenvalue weighted by atomic mass is 35.5. The number of carbonyl (C=O) groups is 1. The molecule has 0 N–H and O–H groups in total. The van der Waals surface area contributed by atoms with E-state index in [2.05, 4.69) is 32.9 Å². The fourth-order valence-electron chi connectivity index (χ4n) is 4.13. The molecule has 152 valence electrons. The van der Waals surface area contributed by atoms with Crippen LogP contribution >= 0.6 is 23.2 Å². The molecule has 1 fully saturated rings. The zero-order chi connectivity index (χ0) is 20.7.